The topological polar surface area (TPSA) is 37.3 Å². The molecule has 0 aromatic heterocycles. The van der Waals surface area contributed by atoms with Crippen molar-refractivity contribution in [1.29, 1.82) is 0 Å². The Hall–Kier alpha value is -1.31. The predicted octanol–water partition coefficient (Wildman–Crippen LogP) is 2.26. The Labute approximate surface area is 73.3 Å². The average Bonchev–Trinajstić information content (AvgIpc) is 2.04. The molecule has 0 saturated carbocycles. The van der Waals surface area contributed by atoms with Crippen LogP contribution in [0.25, 0.3) is 0 Å². The van der Waals surface area contributed by atoms with E-state index >= 15 is 0 Å². The Morgan fingerprint density at radius 1 is 1.58 bits per heavy atom. The third kappa shape index (κ3) is 2.38. The van der Waals surface area contributed by atoms with Crippen LogP contribution >= 0.6 is 0 Å². The molecular formula is C10H12O2. The number of benzene rings is 1. The minimum absolute atomic E-state index is 0.170. The molecule has 2 nitrogen and oxygen atoms in total. The lowest BCUT2D eigenvalue weighted by molar-refractivity contribution is -0.137. The lowest BCUT2D eigenvalue weighted by Gasteiger charge is -2.07. The van der Waals surface area contributed by atoms with Crippen molar-refractivity contribution in [2.24, 2.45) is 0 Å². The molecule has 1 atom stereocenters. The highest BCUT2D eigenvalue weighted by Gasteiger charge is 2.08. The van der Waals surface area contributed by atoms with Gasteiger partial charge in [-0.05, 0) is 11.5 Å². The van der Waals surface area contributed by atoms with Crippen molar-refractivity contribution in [3.05, 3.63) is 35.9 Å². The minimum atomic E-state index is -1.03. The highest BCUT2D eigenvalue weighted by molar-refractivity contribution is 5.67. The molecule has 0 amide bonds. The molecule has 0 aliphatic rings. The molecule has 0 saturated heterocycles. The summed E-state index contributed by atoms with van der Waals surface area (Å²) >= 11 is 0. The number of carboxylic acids is 1. The Bertz CT molecular complexity index is 293. The molecule has 12 heavy (non-hydrogen) atoms. The van der Waals surface area contributed by atoms with E-state index in [2.05, 4.69) is 0 Å². The zero-order valence-electron chi connectivity index (χ0n) is 7.95. The minimum Gasteiger partial charge on any atom is -0.481 e. The van der Waals surface area contributed by atoms with E-state index < -0.39 is 11.9 Å². The molecule has 0 fully saturated rings. The van der Waals surface area contributed by atoms with Gasteiger partial charge in [-0.2, -0.15) is 0 Å². The monoisotopic (exact) mass is 166 g/mol. The van der Waals surface area contributed by atoms with E-state index in [4.69, 9.17) is 6.48 Å². The largest absolute Gasteiger partial charge is 0.481 e. The Morgan fingerprint density at radius 3 is 2.67 bits per heavy atom. The van der Waals surface area contributed by atoms with E-state index in [-0.39, 0.29) is 6.42 Å². The molecule has 0 radical (unpaired) electrons. The normalized spacial score (nSPS) is 16.2. The van der Waals surface area contributed by atoms with E-state index in [0.717, 1.165) is 5.56 Å². The summed E-state index contributed by atoms with van der Waals surface area (Å²) in [7, 11) is 0. The molecular weight excluding hydrogens is 153 g/mol. The molecule has 2 heteroatoms. The zero-order valence-corrected chi connectivity index (χ0v) is 6.95. The van der Waals surface area contributed by atoms with Crippen LogP contribution in [0.1, 0.15) is 26.2 Å². The Morgan fingerprint density at radius 2 is 2.17 bits per heavy atom. The van der Waals surface area contributed by atoms with Crippen LogP contribution in [-0.4, -0.2) is 11.1 Å². The molecule has 1 aromatic carbocycles. The fourth-order valence-corrected chi connectivity index (χ4v) is 1.05. The van der Waals surface area contributed by atoms with Crippen LogP contribution in [0.2, 0.25) is 0 Å². The van der Waals surface area contributed by atoms with Crippen molar-refractivity contribution in [1.82, 2.24) is 0 Å². The molecule has 0 spiro atoms. The summed E-state index contributed by atoms with van der Waals surface area (Å²) in [6.07, 6.45) is -0.170. The van der Waals surface area contributed by atoms with Crippen LogP contribution < -0.4 is 0 Å². The number of rotatable bonds is 3. The number of carboxylic acid groups (broad SMARTS) is 1. The van der Waals surface area contributed by atoms with Crippen molar-refractivity contribution in [3.8, 4) is 0 Å². The van der Waals surface area contributed by atoms with E-state index in [1.165, 1.54) is 0 Å². The van der Waals surface area contributed by atoms with E-state index in [1.807, 2.05) is 18.2 Å². The standard InChI is InChI=1S/C10H12O2/c1-8(7-10(11)12)9-5-3-2-4-6-9/h2-6,8H,7H2,1H3,(H,11,12)/t8-/m0/s1/i8+1D. The highest BCUT2D eigenvalue weighted by atomic mass is 16.4. The maximum Gasteiger partial charge on any atom is 0.303 e. The second kappa shape index (κ2) is 3.90. The van der Waals surface area contributed by atoms with Gasteiger partial charge in [0, 0.05) is 1.37 Å². The first kappa shape index (κ1) is 7.35. The first-order valence-electron chi connectivity index (χ1n) is 4.30. The smallest absolute Gasteiger partial charge is 0.303 e. The molecule has 1 aromatic rings. The lowest BCUT2D eigenvalue weighted by atomic mass is 10.2. The van der Waals surface area contributed by atoms with Gasteiger partial charge in [-0.25, -0.2) is 0 Å². The number of carbonyl (C=O) groups is 1. The van der Waals surface area contributed by atoms with Crippen LogP contribution in [0.4, 0.5) is 0 Å². The summed E-state index contributed by atoms with van der Waals surface area (Å²) in [6.45, 7) is 1.61. The average molecular weight is 166 g/mol. The van der Waals surface area contributed by atoms with Gasteiger partial charge in [0.25, 0.3) is 0 Å². The number of hydrogen-bond donors (Lipinski definition) is 1. The van der Waals surface area contributed by atoms with Gasteiger partial charge in [-0.15, -0.1) is 0 Å². The van der Waals surface area contributed by atoms with Crippen molar-refractivity contribution < 1.29 is 11.3 Å². The van der Waals surface area contributed by atoms with Gasteiger partial charge in [0.15, 0.2) is 0 Å². The van der Waals surface area contributed by atoms with Gasteiger partial charge in [-0.1, -0.05) is 37.3 Å². The van der Waals surface area contributed by atoms with Crippen molar-refractivity contribution in [2.45, 2.75) is 19.2 Å². The second-order valence-corrected chi connectivity index (χ2v) is 2.72. The molecule has 0 aliphatic carbocycles. The van der Waals surface area contributed by atoms with Gasteiger partial charge >= 0.3 is 5.97 Å². The molecule has 0 unspecified atom stereocenters. The van der Waals surface area contributed by atoms with Gasteiger partial charge in [0.2, 0.25) is 0 Å². The van der Waals surface area contributed by atoms with E-state index in [1.54, 1.807) is 19.1 Å². The summed E-state index contributed by atoms with van der Waals surface area (Å²) in [5, 5.41) is 8.59. The summed E-state index contributed by atoms with van der Waals surface area (Å²) in [5.74, 6) is -1.98. The molecule has 0 aliphatic heterocycles. The van der Waals surface area contributed by atoms with Crippen LogP contribution in [0, 0.1) is 0 Å². The highest BCUT2D eigenvalue weighted by Crippen LogP contribution is 2.17. The van der Waals surface area contributed by atoms with E-state index in [0.29, 0.717) is 0 Å². The third-order valence-electron chi connectivity index (χ3n) is 1.68. The summed E-state index contributed by atoms with van der Waals surface area (Å²) in [6, 6.07) is 9.01. The third-order valence-corrected chi connectivity index (χ3v) is 1.68. The number of hydrogen-bond acceptors (Lipinski definition) is 1. The Kier molecular flexibility index (Phi) is 2.39. The van der Waals surface area contributed by atoms with Crippen LogP contribution in [0.3, 0.4) is 0 Å². The predicted molar refractivity (Wildman–Crippen MR) is 47.1 cm³/mol. The number of aliphatic carboxylic acids is 1. The van der Waals surface area contributed by atoms with Gasteiger partial charge in [-0.3, -0.25) is 4.79 Å². The van der Waals surface area contributed by atoms with E-state index in [9.17, 15) is 4.79 Å². The molecule has 0 bridgehead atoms. The fourth-order valence-electron chi connectivity index (χ4n) is 1.05. The zero-order chi connectivity index (χ0) is 9.90. The van der Waals surface area contributed by atoms with Gasteiger partial charge in [0.05, 0.1) is 6.42 Å². The summed E-state index contributed by atoms with van der Waals surface area (Å²) in [4.78, 5) is 10.5. The summed E-state index contributed by atoms with van der Waals surface area (Å²) < 4.78 is 7.82. The molecule has 64 valence electrons. The second-order valence-electron chi connectivity index (χ2n) is 2.72. The van der Waals surface area contributed by atoms with Crippen LogP contribution in [0.15, 0.2) is 30.3 Å². The van der Waals surface area contributed by atoms with Gasteiger partial charge in [0.1, 0.15) is 0 Å². The lowest BCUT2D eigenvalue weighted by Crippen LogP contribution is -2.02. The fraction of sp³-hybridized carbons (Fsp3) is 0.300. The first-order chi connectivity index (χ1) is 6.02. The first-order valence-corrected chi connectivity index (χ1v) is 3.80. The quantitative estimate of drug-likeness (QED) is 0.699. The van der Waals surface area contributed by atoms with Crippen molar-refractivity contribution in [2.75, 3.05) is 0 Å². The Balaban J connectivity index is 2.87. The van der Waals surface area contributed by atoms with Crippen molar-refractivity contribution >= 4 is 5.97 Å². The molecule has 1 N–H and O–H groups in total. The molecule has 0 heterocycles. The SMILES string of the molecule is [2H][13C@](C)(CC(=O)O)c1ccccc1. The molecule has 1 rings (SSSR count). The summed E-state index contributed by atoms with van der Waals surface area (Å²) in [5.41, 5.74) is 0.734. The van der Waals surface area contributed by atoms with Crippen molar-refractivity contribution in [3.63, 3.8) is 0 Å². The maximum absolute atomic E-state index is 10.5. The van der Waals surface area contributed by atoms with Crippen LogP contribution in [-0.2, 0) is 4.79 Å². The maximum atomic E-state index is 10.5. The van der Waals surface area contributed by atoms with Gasteiger partial charge < -0.3 is 5.11 Å². The van der Waals surface area contributed by atoms with Crippen LogP contribution in [0.5, 0.6) is 0 Å².